The summed E-state index contributed by atoms with van der Waals surface area (Å²) in [5.41, 5.74) is 7.30. The van der Waals surface area contributed by atoms with Crippen molar-refractivity contribution in [3.63, 3.8) is 0 Å². The molecule has 2 heterocycles. The summed E-state index contributed by atoms with van der Waals surface area (Å²) in [6.45, 7) is 3.14. The number of piperidine rings is 1. The number of esters is 1. The molecule has 7 heteroatoms. The molecule has 1 saturated heterocycles. The number of hydrogen-bond donors (Lipinski definition) is 1. The zero-order valence-corrected chi connectivity index (χ0v) is 15.0. The molecular formula is C19H25N3O4. The van der Waals surface area contributed by atoms with Gasteiger partial charge in [0, 0.05) is 25.3 Å². The number of nitrogens with zero attached hydrogens (tertiary/aromatic N) is 2. The maximum Gasteiger partial charge on any atom is 0.314 e. The highest BCUT2D eigenvalue weighted by Gasteiger charge is 2.32. The van der Waals surface area contributed by atoms with Crippen molar-refractivity contribution in [2.75, 3.05) is 24.5 Å². The fourth-order valence-electron chi connectivity index (χ4n) is 3.64. The summed E-state index contributed by atoms with van der Waals surface area (Å²) in [5, 5.41) is 0. The zero-order chi connectivity index (χ0) is 18.7. The average molecular weight is 359 g/mol. The summed E-state index contributed by atoms with van der Waals surface area (Å²) in [7, 11) is 0. The first-order chi connectivity index (χ1) is 12.5. The van der Waals surface area contributed by atoms with Gasteiger partial charge in [0.25, 0.3) is 5.91 Å². The molecule has 3 rings (SSSR count). The molecule has 1 unspecified atom stereocenters. The molecule has 2 aliphatic rings. The van der Waals surface area contributed by atoms with E-state index in [1.165, 1.54) is 4.90 Å². The predicted molar refractivity (Wildman–Crippen MR) is 96.6 cm³/mol. The number of aryl methyl sites for hydroxylation is 1. The molecule has 1 fully saturated rings. The van der Waals surface area contributed by atoms with Crippen molar-refractivity contribution in [2.45, 2.75) is 38.7 Å². The number of fused-ring (bicyclic) bond motifs is 1. The zero-order valence-electron chi connectivity index (χ0n) is 15.0. The standard InChI is InChI=1S/C19H25N3O4/c1-13(26-18(24)15-8-11-21(12-9-15)19(20)25)17(23)22-10-4-6-14-5-2-3-7-16(14)22/h2-3,5,7,13,15H,4,6,8-12H2,1H3,(H2,20,25). The predicted octanol–water partition coefficient (Wildman–Crippen LogP) is 1.69. The molecule has 3 amide bonds. The molecular weight excluding hydrogens is 334 g/mol. The van der Waals surface area contributed by atoms with E-state index < -0.39 is 12.1 Å². The smallest absolute Gasteiger partial charge is 0.314 e. The average Bonchev–Trinajstić information content (AvgIpc) is 2.66. The van der Waals surface area contributed by atoms with Gasteiger partial charge in [-0.05, 0) is 44.2 Å². The summed E-state index contributed by atoms with van der Waals surface area (Å²) in [6, 6.07) is 7.37. The van der Waals surface area contributed by atoms with Crippen molar-refractivity contribution in [2.24, 2.45) is 11.7 Å². The van der Waals surface area contributed by atoms with Gasteiger partial charge in [-0.3, -0.25) is 9.59 Å². The Balaban J connectivity index is 1.58. The Labute approximate surface area is 153 Å². The molecule has 1 aromatic carbocycles. The molecule has 0 aliphatic carbocycles. The van der Waals surface area contributed by atoms with Crippen LogP contribution in [0.3, 0.4) is 0 Å². The number of primary amides is 1. The minimum atomic E-state index is -0.831. The number of rotatable bonds is 3. The number of likely N-dealkylation sites (tertiary alicyclic amines) is 1. The summed E-state index contributed by atoms with van der Waals surface area (Å²) in [5.74, 6) is -0.866. The van der Waals surface area contributed by atoms with E-state index in [0.29, 0.717) is 32.5 Å². The molecule has 26 heavy (non-hydrogen) atoms. The van der Waals surface area contributed by atoms with Crippen LogP contribution in [0.1, 0.15) is 31.7 Å². The van der Waals surface area contributed by atoms with Crippen molar-refractivity contribution in [3.8, 4) is 0 Å². The van der Waals surface area contributed by atoms with Crippen molar-refractivity contribution in [1.29, 1.82) is 0 Å². The first-order valence-electron chi connectivity index (χ1n) is 9.11. The van der Waals surface area contributed by atoms with Gasteiger partial charge in [-0.25, -0.2) is 4.79 Å². The minimum Gasteiger partial charge on any atom is -0.452 e. The third kappa shape index (κ3) is 3.81. The number of anilines is 1. The Hall–Kier alpha value is -2.57. The summed E-state index contributed by atoms with van der Waals surface area (Å²) in [4.78, 5) is 39.6. The molecule has 0 bridgehead atoms. The fourth-order valence-corrected chi connectivity index (χ4v) is 3.64. The van der Waals surface area contributed by atoms with Crippen LogP contribution in [0.2, 0.25) is 0 Å². The molecule has 140 valence electrons. The molecule has 0 saturated carbocycles. The van der Waals surface area contributed by atoms with Crippen LogP contribution in [-0.2, 0) is 20.7 Å². The van der Waals surface area contributed by atoms with Crippen LogP contribution in [-0.4, -0.2) is 48.5 Å². The van der Waals surface area contributed by atoms with Crippen LogP contribution >= 0.6 is 0 Å². The lowest BCUT2D eigenvalue weighted by molar-refractivity contribution is -0.159. The van der Waals surface area contributed by atoms with Gasteiger partial charge in [0.15, 0.2) is 6.10 Å². The van der Waals surface area contributed by atoms with E-state index in [4.69, 9.17) is 10.5 Å². The Morgan fingerprint density at radius 3 is 2.54 bits per heavy atom. The van der Waals surface area contributed by atoms with Crippen LogP contribution in [0.4, 0.5) is 10.5 Å². The monoisotopic (exact) mass is 359 g/mol. The second-order valence-corrected chi connectivity index (χ2v) is 6.90. The van der Waals surface area contributed by atoms with E-state index in [0.717, 1.165) is 24.1 Å². The third-order valence-electron chi connectivity index (χ3n) is 5.16. The maximum atomic E-state index is 12.8. The number of urea groups is 1. The number of amides is 3. The van der Waals surface area contributed by atoms with Crippen LogP contribution in [0, 0.1) is 5.92 Å². The van der Waals surface area contributed by atoms with E-state index >= 15 is 0 Å². The lowest BCUT2D eigenvalue weighted by Gasteiger charge is -2.32. The lowest BCUT2D eigenvalue weighted by atomic mass is 9.97. The highest BCUT2D eigenvalue weighted by atomic mass is 16.5. The van der Waals surface area contributed by atoms with Gasteiger partial charge in [0.2, 0.25) is 0 Å². The lowest BCUT2D eigenvalue weighted by Crippen LogP contribution is -2.45. The summed E-state index contributed by atoms with van der Waals surface area (Å²) < 4.78 is 5.45. The maximum absolute atomic E-state index is 12.8. The van der Waals surface area contributed by atoms with Crippen LogP contribution in [0.5, 0.6) is 0 Å². The van der Waals surface area contributed by atoms with Gasteiger partial charge < -0.3 is 20.3 Å². The highest BCUT2D eigenvalue weighted by molar-refractivity contribution is 5.98. The third-order valence-corrected chi connectivity index (χ3v) is 5.16. The number of hydrogen-bond acceptors (Lipinski definition) is 4. The second kappa shape index (κ2) is 7.76. The number of carbonyl (C=O) groups is 3. The number of carbonyl (C=O) groups excluding carboxylic acids is 3. The van der Waals surface area contributed by atoms with Gasteiger partial charge in [0.05, 0.1) is 5.92 Å². The Morgan fingerprint density at radius 2 is 1.85 bits per heavy atom. The molecule has 1 aromatic rings. The van der Waals surface area contributed by atoms with Gasteiger partial charge in [-0.15, -0.1) is 0 Å². The van der Waals surface area contributed by atoms with Crippen LogP contribution in [0.15, 0.2) is 24.3 Å². The van der Waals surface area contributed by atoms with Crippen molar-refractivity contribution in [1.82, 2.24) is 4.90 Å². The number of benzene rings is 1. The summed E-state index contributed by atoms with van der Waals surface area (Å²) >= 11 is 0. The quantitative estimate of drug-likeness (QED) is 0.831. The van der Waals surface area contributed by atoms with Crippen molar-refractivity contribution in [3.05, 3.63) is 29.8 Å². The largest absolute Gasteiger partial charge is 0.452 e. The first-order valence-corrected chi connectivity index (χ1v) is 9.11. The van der Waals surface area contributed by atoms with E-state index in [2.05, 4.69) is 0 Å². The van der Waals surface area contributed by atoms with E-state index in [-0.39, 0.29) is 17.8 Å². The van der Waals surface area contributed by atoms with Crippen molar-refractivity contribution < 1.29 is 19.1 Å². The molecule has 1 atom stereocenters. The SMILES string of the molecule is CC(OC(=O)C1CCN(C(N)=O)CC1)C(=O)N1CCCc2ccccc21. The normalized spacial score (nSPS) is 18.8. The van der Waals surface area contributed by atoms with Crippen molar-refractivity contribution >= 4 is 23.6 Å². The second-order valence-electron chi connectivity index (χ2n) is 6.90. The fraction of sp³-hybridized carbons (Fsp3) is 0.526. The molecule has 2 aliphatic heterocycles. The van der Waals surface area contributed by atoms with E-state index in [9.17, 15) is 14.4 Å². The molecule has 0 spiro atoms. The molecule has 0 radical (unpaired) electrons. The molecule has 7 nitrogen and oxygen atoms in total. The molecule has 0 aromatic heterocycles. The van der Waals surface area contributed by atoms with Gasteiger partial charge >= 0.3 is 12.0 Å². The van der Waals surface area contributed by atoms with Crippen LogP contribution < -0.4 is 10.6 Å². The van der Waals surface area contributed by atoms with E-state index in [1.54, 1.807) is 11.8 Å². The first kappa shape index (κ1) is 18.2. The number of nitrogens with two attached hydrogens (primary N) is 1. The molecule has 2 N–H and O–H groups in total. The Kier molecular flexibility index (Phi) is 5.44. The highest BCUT2D eigenvalue weighted by Crippen LogP contribution is 2.28. The van der Waals surface area contributed by atoms with E-state index in [1.807, 2.05) is 24.3 Å². The van der Waals surface area contributed by atoms with Crippen LogP contribution in [0.25, 0.3) is 0 Å². The Bertz CT molecular complexity index is 698. The number of ether oxygens (including phenoxy) is 1. The topological polar surface area (TPSA) is 92.9 Å². The van der Waals surface area contributed by atoms with Gasteiger partial charge in [0.1, 0.15) is 0 Å². The minimum absolute atomic E-state index is 0.194. The Morgan fingerprint density at radius 1 is 1.15 bits per heavy atom. The number of para-hydroxylation sites is 1. The van der Waals surface area contributed by atoms with Gasteiger partial charge in [-0.2, -0.15) is 0 Å². The van der Waals surface area contributed by atoms with Gasteiger partial charge in [-0.1, -0.05) is 18.2 Å². The summed E-state index contributed by atoms with van der Waals surface area (Å²) in [6.07, 6.45) is 2.04.